The highest BCUT2D eigenvalue weighted by Crippen LogP contribution is 2.22. The molecular formula is C20H25F4NO3. The van der Waals surface area contributed by atoms with Crippen molar-refractivity contribution < 1.29 is 32.6 Å². The second-order valence-corrected chi connectivity index (χ2v) is 6.58. The fourth-order valence-electron chi connectivity index (χ4n) is 2.70. The van der Waals surface area contributed by atoms with Gasteiger partial charge < -0.3 is 15.5 Å². The number of aliphatic hydroxyl groups is 2. The average Bonchev–Trinajstić information content (AvgIpc) is 2.60. The highest BCUT2D eigenvalue weighted by molar-refractivity contribution is 5.81. The van der Waals surface area contributed by atoms with E-state index in [0.717, 1.165) is 6.07 Å². The van der Waals surface area contributed by atoms with Crippen molar-refractivity contribution in [2.24, 2.45) is 0 Å². The third kappa shape index (κ3) is 7.49. The molecule has 8 heteroatoms. The number of amides is 1. The number of nitrogens with one attached hydrogen (secondary N) is 1. The standard InChI is InChI=1S/C20H25F4NO3/c1-3-9-19(28,10-4-2)11-7-14-13-15(5-6-16(14)21)17(26)8-12-25-18(27)20(22,23)24/h5-6,13,17,26,28H,3-4,8-10,12H2,1-2H3,(H,25,27). The van der Waals surface area contributed by atoms with Crippen molar-refractivity contribution in [3.8, 4) is 11.8 Å². The van der Waals surface area contributed by atoms with Crippen molar-refractivity contribution in [2.75, 3.05) is 6.54 Å². The lowest BCUT2D eigenvalue weighted by atomic mass is 9.93. The van der Waals surface area contributed by atoms with Crippen LogP contribution in [-0.4, -0.2) is 34.4 Å². The summed E-state index contributed by atoms with van der Waals surface area (Å²) in [7, 11) is 0. The molecule has 0 aliphatic carbocycles. The van der Waals surface area contributed by atoms with E-state index in [2.05, 4.69) is 11.8 Å². The molecule has 0 radical (unpaired) electrons. The van der Waals surface area contributed by atoms with Crippen LogP contribution in [0.25, 0.3) is 0 Å². The Kier molecular flexibility index (Phi) is 8.92. The first-order valence-corrected chi connectivity index (χ1v) is 9.10. The lowest BCUT2D eigenvalue weighted by molar-refractivity contribution is -0.173. The van der Waals surface area contributed by atoms with Crippen LogP contribution in [0.5, 0.6) is 0 Å². The molecule has 0 saturated heterocycles. The molecule has 0 aromatic heterocycles. The van der Waals surface area contributed by atoms with Gasteiger partial charge in [0.05, 0.1) is 11.7 Å². The van der Waals surface area contributed by atoms with E-state index in [4.69, 9.17) is 0 Å². The number of alkyl halides is 3. The molecule has 28 heavy (non-hydrogen) atoms. The number of hydrogen-bond donors (Lipinski definition) is 3. The lowest BCUT2D eigenvalue weighted by Crippen LogP contribution is -2.37. The van der Waals surface area contributed by atoms with Crippen LogP contribution in [0.3, 0.4) is 0 Å². The van der Waals surface area contributed by atoms with Gasteiger partial charge in [-0.25, -0.2) is 4.39 Å². The second-order valence-electron chi connectivity index (χ2n) is 6.58. The Morgan fingerprint density at radius 1 is 1.21 bits per heavy atom. The Hall–Kier alpha value is -2.11. The maximum absolute atomic E-state index is 14.0. The number of rotatable bonds is 8. The molecule has 0 fully saturated rings. The van der Waals surface area contributed by atoms with E-state index in [-0.39, 0.29) is 17.5 Å². The summed E-state index contributed by atoms with van der Waals surface area (Å²) in [5.74, 6) is 2.58. The zero-order chi connectivity index (χ0) is 21.4. The van der Waals surface area contributed by atoms with E-state index < -0.39 is 36.2 Å². The van der Waals surface area contributed by atoms with Crippen molar-refractivity contribution in [1.29, 1.82) is 0 Å². The van der Waals surface area contributed by atoms with E-state index in [1.807, 2.05) is 13.8 Å². The number of carbonyl (C=O) groups is 1. The Morgan fingerprint density at radius 2 is 1.82 bits per heavy atom. The largest absolute Gasteiger partial charge is 0.471 e. The number of carbonyl (C=O) groups excluding carboxylic acids is 1. The van der Waals surface area contributed by atoms with Crippen LogP contribution < -0.4 is 5.32 Å². The van der Waals surface area contributed by atoms with Crippen LogP contribution in [0.15, 0.2) is 18.2 Å². The summed E-state index contributed by atoms with van der Waals surface area (Å²) in [4.78, 5) is 10.8. The quantitative estimate of drug-likeness (QED) is 0.459. The van der Waals surface area contributed by atoms with Gasteiger partial charge in [-0.05, 0) is 37.0 Å². The van der Waals surface area contributed by atoms with E-state index in [1.165, 1.54) is 12.1 Å². The molecule has 4 nitrogen and oxygen atoms in total. The molecule has 0 spiro atoms. The van der Waals surface area contributed by atoms with E-state index in [9.17, 15) is 32.6 Å². The van der Waals surface area contributed by atoms with Crippen molar-refractivity contribution in [3.63, 3.8) is 0 Å². The molecule has 1 amide bonds. The maximum atomic E-state index is 14.0. The minimum atomic E-state index is -4.99. The zero-order valence-corrected chi connectivity index (χ0v) is 15.9. The topological polar surface area (TPSA) is 69.6 Å². The number of halogens is 4. The summed E-state index contributed by atoms with van der Waals surface area (Å²) >= 11 is 0. The molecule has 156 valence electrons. The molecule has 0 bridgehead atoms. The molecular weight excluding hydrogens is 378 g/mol. The summed E-state index contributed by atoms with van der Waals surface area (Å²) in [6.45, 7) is 3.40. The smallest absolute Gasteiger partial charge is 0.388 e. The molecule has 0 heterocycles. The van der Waals surface area contributed by atoms with Gasteiger partial charge in [-0.3, -0.25) is 4.79 Å². The Balaban J connectivity index is 2.88. The highest BCUT2D eigenvalue weighted by Gasteiger charge is 2.38. The van der Waals surface area contributed by atoms with Crippen molar-refractivity contribution >= 4 is 5.91 Å². The predicted molar refractivity (Wildman–Crippen MR) is 96.7 cm³/mol. The third-order valence-corrected chi connectivity index (χ3v) is 4.09. The van der Waals surface area contributed by atoms with E-state index >= 15 is 0 Å². The summed E-state index contributed by atoms with van der Waals surface area (Å²) in [6, 6.07) is 3.67. The second kappa shape index (κ2) is 10.4. The Bertz CT molecular complexity index is 716. The molecule has 1 aromatic rings. The van der Waals surface area contributed by atoms with Gasteiger partial charge in [0.25, 0.3) is 0 Å². The van der Waals surface area contributed by atoms with Crippen molar-refractivity contribution in [1.82, 2.24) is 5.32 Å². The van der Waals surface area contributed by atoms with Gasteiger partial charge in [-0.15, -0.1) is 0 Å². The minimum Gasteiger partial charge on any atom is -0.388 e. The SMILES string of the molecule is CCCC(O)(C#Cc1cc(C(O)CCNC(=O)C(F)(F)F)ccc1F)CCC. The normalized spacial score (nSPS) is 12.9. The van der Waals surface area contributed by atoms with Crippen LogP contribution in [0.2, 0.25) is 0 Å². The van der Waals surface area contributed by atoms with Crippen LogP contribution in [0.4, 0.5) is 17.6 Å². The monoisotopic (exact) mass is 403 g/mol. The van der Waals surface area contributed by atoms with Gasteiger partial charge in [0.1, 0.15) is 11.4 Å². The molecule has 0 aliphatic rings. The van der Waals surface area contributed by atoms with Gasteiger partial charge >= 0.3 is 12.1 Å². The fourth-order valence-corrected chi connectivity index (χ4v) is 2.70. The average molecular weight is 403 g/mol. The summed E-state index contributed by atoms with van der Waals surface area (Å²) < 4.78 is 50.4. The van der Waals surface area contributed by atoms with Crippen LogP contribution >= 0.6 is 0 Å². The molecule has 0 aliphatic heterocycles. The molecule has 1 unspecified atom stereocenters. The van der Waals surface area contributed by atoms with Gasteiger partial charge in [-0.1, -0.05) is 44.6 Å². The van der Waals surface area contributed by atoms with Crippen LogP contribution in [0, 0.1) is 17.7 Å². The summed E-state index contributed by atoms with van der Waals surface area (Å²) in [5.41, 5.74) is -1.00. The molecule has 3 N–H and O–H groups in total. The van der Waals surface area contributed by atoms with Gasteiger partial charge in [0.2, 0.25) is 0 Å². The van der Waals surface area contributed by atoms with Gasteiger partial charge in [-0.2, -0.15) is 13.2 Å². The summed E-state index contributed by atoms with van der Waals surface area (Å²) in [5, 5.41) is 22.3. The summed E-state index contributed by atoms with van der Waals surface area (Å²) in [6.07, 6.45) is -4.09. The Morgan fingerprint density at radius 3 is 2.36 bits per heavy atom. The predicted octanol–water partition coefficient (Wildman–Crippen LogP) is 3.61. The van der Waals surface area contributed by atoms with Crippen molar-refractivity contribution in [3.05, 3.63) is 35.1 Å². The zero-order valence-electron chi connectivity index (χ0n) is 15.9. The first-order chi connectivity index (χ1) is 13.0. The number of aliphatic hydroxyl groups excluding tert-OH is 1. The minimum absolute atomic E-state index is 0.0264. The molecule has 1 atom stereocenters. The van der Waals surface area contributed by atoms with Crippen LogP contribution in [-0.2, 0) is 4.79 Å². The van der Waals surface area contributed by atoms with Crippen molar-refractivity contribution in [2.45, 2.75) is 63.8 Å². The first kappa shape index (κ1) is 23.9. The van der Waals surface area contributed by atoms with Gasteiger partial charge in [0, 0.05) is 6.54 Å². The number of hydrogen-bond acceptors (Lipinski definition) is 3. The van der Waals surface area contributed by atoms with E-state index in [0.29, 0.717) is 25.7 Å². The lowest BCUT2D eigenvalue weighted by Gasteiger charge is -2.20. The fraction of sp³-hybridized carbons (Fsp3) is 0.550. The molecule has 1 aromatic carbocycles. The van der Waals surface area contributed by atoms with Crippen LogP contribution in [0.1, 0.15) is 63.2 Å². The number of benzene rings is 1. The van der Waals surface area contributed by atoms with E-state index in [1.54, 1.807) is 5.32 Å². The van der Waals surface area contributed by atoms with Gasteiger partial charge in [0.15, 0.2) is 0 Å². The Labute approximate surface area is 162 Å². The maximum Gasteiger partial charge on any atom is 0.471 e. The highest BCUT2D eigenvalue weighted by atomic mass is 19.4. The third-order valence-electron chi connectivity index (χ3n) is 4.09. The molecule has 1 rings (SSSR count). The first-order valence-electron chi connectivity index (χ1n) is 9.10. The molecule has 0 saturated carbocycles.